The van der Waals surface area contributed by atoms with E-state index in [1.165, 1.54) is 6.07 Å². The van der Waals surface area contributed by atoms with E-state index >= 15 is 0 Å². The predicted molar refractivity (Wildman–Crippen MR) is 76.6 cm³/mol. The number of nitrogens with one attached hydrogen (secondary N) is 2. The summed E-state index contributed by atoms with van der Waals surface area (Å²) in [7, 11) is 0. The van der Waals surface area contributed by atoms with Gasteiger partial charge in [-0.1, -0.05) is 12.1 Å². The Hall–Kier alpha value is -3.00. The van der Waals surface area contributed by atoms with E-state index in [0.29, 0.717) is 11.6 Å². The first-order valence-electron chi connectivity index (χ1n) is 6.12. The molecular weight excluding hydrogens is 273 g/mol. The Morgan fingerprint density at radius 3 is 2.76 bits per heavy atom. The SMILES string of the molecule is NNc1cc(-n2ccnc2)nc(Nc2ccccc2F)n1. The number of aromatic nitrogens is 4. The van der Waals surface area contributed by atoms with E-state index < -0.39 is 5.82 Å². The fraction of sp³-hybridized carbons (Fsp3) is 0. The van der Waals surface area contributed by atoms with Crippen molar-refractivity contribution in [2.45, 2.75) is 0 Å². The summed E-state index contributed by atoms with van der Waals surface area (Å²) in [5.41, 5.74) is 2.73. The van der Waals surface area contributed by atoms with Crippen molar-refractivity contribution in [3.05, 3.63) is 54.9 Å². The second-order valence-corrected chi connectivity index (χ2v) is 4.15. The second-order valence-electron chi connectivity index (χ2n) is 4.15. The van der Waals surface area contributed by atoms with Gasteiger partial charge in [0, 0.05) is 18.5 Å². The molecule has 21 heavy (non-hydrogen) atoms. The monoisotopic (exact) mass is 285 g/mol. The summed E-state index contributed by atoms with van der Waals surface area (Å²) in [5.74, 6) is 6.17. The Morgan fingerprint density at radius 1 is 1.19 bits per heavy atom. The molecule has 2 aromatic heterocycles. The zero-order chi connectivity index (χ0) is 14.7. The van der Waals surface area contributed by atoms with Gasteiger partial charge in [0.1, 0.15) is 23.8 Å². The molecule has 7 nitrogen and oxygen atoms in total. The summed E-state index contributed by atoms with van der Waals surface area (Å²) in [6.45, 7) is 0. The first-order valence-corrected chi connectivity index (χ1v) is 6.12. The van der Waals surface area contributed by atoms with Crippen LogP contribution < -0.4 is 16.6 Å². The van der Waals surface area contributed by atoms with Crippen LogP contribution in [0.1, 0.15) is 0 Å². The maximum atomic E-state index is 13.7. The number of halogens is 1. The average Bonchev–Trinajstić information content (AvgIpc) is 3.04. The predicted octanol–water partition coefficient (Wildman–Crippen LogP) is 1.83. The third-order valence-corrected chi connectivity index (χ3v) is 2.75. The fourth-order valence-electron chi connectivity index (χ4n) is 1.77. The molecule has 8 heteroatoms. The van der Waals surface area contributed by atoms with Crippen LogP contribution in [0.4, 0.5) is 21.8 Å². The van der Waals surface area contributed by atoms with Gasteiger partial charge in [0.15, 0.2) is 0 Å². The van der Waals surface area contributed by atoms with Crippen LogP contribution in [0.25, 0.3) is 5.82 Å². The van der Waals surface area contributed by atoms with Crippen LogP contribution in [0.15, 0.2) is 49.1 Å². The Bertz CT molecular complexity index is 742. The number of nitrogens with two attached hydrogens (primary N) is 1. The van der Waals surface area contributed by atoms with Crippen molar-refractivity contribution in [2.75, 3.05) is 10.7 Å². The molecule has 3 rings (SSSR count). The summed E-state index contributed by atoms with van der Waals surface area (Å²) < 4.78 is 15.3. The molecule has 106 valence electrons. The molecule has 0 spiro atoms. The molecule has 0 saturated heterocycles. The van der Waals surface area contributed by atoms with Gasteiger partial charge in [-0.25, -0.2) is 15.2 Å². The van der Waals surface area contributed by atoms with E-state index in [4.69, 9.17) is 5.84 Å². The average molecular weight is 285 g/mol. The first-order chi connectivity index (χ1) is 10.3. The number of imidazole rings is 1. The van der Waals surface area contributed by atoms with Crippen LogP contribution in [-0.4, -0.2) is 19.5 Å². The van der Waals surface area contributed by atoms with E-state index in [1.807, 2.05) is 0 Å². The van der Waals surface area contributed by atoms with Crippen LogP contribution in [0.3, 0.4) is 0 Å². The van der Waals surface area contributed by atoms with Crippen molar-refractivity contribution < 1.29 is 4.39 Å². The van der Waals surface area contributed by atoms with Crippen LogP contribution in [-0.2, 0) is 0 Å². The van der Waals surface area contributed by atoms with E-state index in [1.54, 1.807) is 47.6 Å². The molecule has 1 aromatic carbocycles. The maximum Gasteiger partial charge on any atom is 0.231 e. The normalized spacial score (nSPS) is 10.4. The topological polar surface area (TPSA) is 93.7 Å². The standard InChI is InChI=1S/C13H12FN7/c14-9-3-1-2-4-10(9)17-13-18-11(20-15)7-12(19-13)21-6-5-16-8-21/h1-8H,15H2,(H2,17,18,19,20). The van der Waals surface area contributed by atoms with Gasteiger partial charge < -0.3 is 10.7 Å². The molecule has 0 aliphatic heterocycles. The third-order valence-electron chi connectivity index (χ3n) is 2.75. The lowest BCUT2D eigenvalue weighted by atomic mass is 10.3. The van der Waals surface area contributed by atoms with Crippen molar-refractivity contribution in [3.63, 3.8) is 0 Å². The Balaban J connectivity index is 1.99. The summed E-state index contributed by atoms with van der Waals surface area (Å²) >= 11 is 0. The highest BCUT2D eigenvalue weighted by atomic mass is 19.1. The van der Waals surface area contributed by atoms with Crippen LogP contribution in [0.2, 0.25) is 0 Å². The molecular formula is C13H12FN7. The molecule has 0 atom stereocenters. The minimum Gasteiger partial charge on any atom is -0.322 e. The molecule has 4 N–H and O–H groups in total. The molecule has 0 fully saturated rings. The molecule has 3 aromatic rings. The molecule has 0 bridgehead atoms. The number of anilines is 3. The second kappa shape index (κ2) is 5.55. The third kappa shape index (κ3) is 2.79. The lowest BCUT2D eigenvalue weighted by Crippen LogP contribution is -2.12. The highest BCUT2D eigenvalue weighted by Gasteiger charge is 2.08. The van der Waals surface area contributed by atoms with Gasteiger partial charge in [0.05, 0.1) is 5.69 Å². The number of hydrogen-bond donors (Lipinski definition) is 3. The van der Waals surface area contributed by atoms with Gasteiger partial charge in [-0.05, 0) is 12.1 Å². The summed E-state index contributed by atoms with van der Waals surface area (Å²) in [6, 6.07) is 7.92. The minimum absolute atomic E-state index is 0.222. The minimum atomic E-state index is -0.392. The Morgan fingerprint density at radius 2 is 2.05 bits per heavy atom. The van der Waals surface area contributed by atoms with E-state index in [2.05, 4.69) is 25.7 Å². The molecule has 0 radical (unpaired) electrons. The maximum absolute atomic E-state index is 13.7. The molecule has 0 aliphatic rings. The smallest absolute Gasteiger partial charge is 0.231 e. The number of nitrogens with zero attached hydrogens (tertiary/aromatic N) is 4. The number of hydrogen-bond acceptors (Lipinski definition) is 6. The van der Waals surface area contributed by atoms with Gasteiger partial charge in [0.25, 0.3) is 0 Å². The van der Waals surface area contributed by atoms with E-state index in [9.17, 15) is 4.39 Å². The fourth-order valence-corrected chi connectivity index (χ4v) is 1.77. The van der Waals surface area contributed by atoms with Crippen LogP contribution in [0, 0.1) is 5.82 Å². The van der Waals surface area contributed by atoms with Crippen molar-refractivity contribution in [3.8, 4) is 5.82 Å². The van der Waals surface area contributed by atoms with Gasteiger partial charge in [-0.3, -0.25) is 4.57 Å². The molecule has 0 aliphatic carbocycles. The number of nitrogen functional groups attached to an aromatic ring is 1. The summed E-state index contributed by atoms with van der Waals surface area (Å²) in [6.07, 6.45) is 4.95. The van der Waals surface area contributed by atoms with Crippen LogP contribution >= 0.6 is 0 Å². The highest BCUT2D eigenvalue weighted by Crippen LogP contribution is 2.19. The van der Waals surface area contributed by atoms with Crippen molar-refractivity contribution >= 4 is 17.5 Å². The van der Waals surface area contributed by atoms with Gasteiger partial charge in [-0.2, -0.15) is 9.97 Å². The first kappa shape index (κ1) is 13.0. The Kier molecular flexibility index (Phi) is 3.44. The quantitative estimate of drug-likeness (QED) is 0.500. The van der Waals surface area contributed by atoms with Gasteiger partial charge >= 0.3 is 0 Å². The van der Waals surface area contributed by atoms with Gasteiger partial charge in [0.2, 0.25) is 5.95 Å². The molecule has 0 amide bonds. The molecule has 0 saturated carbocycles. The number of rotatable bonds is 4. The molecule has 0 unspecified atom stereocenters. The van der Waals surface area contributed by atoms with E-state index in [0.717, 1.165) is 0 Å². The zero-order valence-corrected chi connectivity index (χ0v) is 10.9. The Labute approximate surface area is 119 Å². The number of hydrazine groups is 1. The summed E-state index contributed by atoms with van der Waals surface area (Å²) in [5, 5.41) is 2.82. The van der Waals surface area contributed by atoms with Crippen molar-refractivity contribution in [1.82, 2.24) is 19.5 Å². The van der Waals surface area contributed by atoms with Gasteiger partial charge in [-0.15, -0.1) is 0 Å². The lowest BCUT2D eigenvalue weighted by molar-refractivity contribution is 0.631. The van der Waals surface area contributed by atoms with E-state index in [-0.39, 0.29) is 11.6 Å². The van der Waals surface area contributed by atoms with Crippen molar-refractivity contribution in [2.24, 2.45) is 5.84 Å². The molecule has 2 heterocycles. The van der Waals surface area contributed by atoms with Crippen LogP contribution in [0.5, 0.6) is 0 Å². The zero-order valence-electron chi connectivity index (χ0n) is 10.9. The largest absolute Gasteiger partial charge is 0.322 e. The highest BCUT2D eigenvalue weighted by molar-refractivity contribution is 5.57. The lowest BCUT2D eigenvalue weighted by Gasteiger charge is -2.10. The van der Waals surface area contributed by atoms with Crippen molar-refractivity contribution in [1.29, 1.82) is 0 Å². The number of para-hydroxylation sites is 1. The summed E-state index contributed by atoms with van der Waals surface area (Å²) in [4.78, 5) is 12.4. The number of benzene rings is 1.